The highest BCUT2D eigenvalue weighted by molar-refractivity contribution is 5.84. The molecule has 1 rings (SSSR count). The van der Waals surface area contributed by atoms with Gasteiger partial charge in [0.25, 0.3) is 0 Å². The lowest BCUT2D eigenvalue weighted by Gasteiger charge is -2.32. The van der Waals surface area contributed by atoms with E-state index >= 15 is 0 Å². The summed E-state index contributed by atoms with van der Waals surface area (Å²) in [6, 6.07) is -0.426. The van der Waals surface area contributed by atoms with Crippen LogP contribution in [-0.4, -0.2) is 46.0 Å². The third kappa shape index (κ3) is 5.07. The first-order valence-electron chi connectivity index (χ1n) is 6.80. The van der Waals surface area contributed by atoms with Crippen molar-refractivity contribution in [3.8, 4) is 0 Å². The zero-order valence-corrected chi connectivity index (χ0v) is 12.0. The van der Waals surface area contributed by atoms with E-state index in [1.54, 1.807) is 13.8 Å². The number of aliphatic carboxylic acids is 1. The van der Waals surface area contributed by atoms with E-state index in [1.807, 2.05) is 0 Å². The normalized spacial score (nSPS) is 15.9. The van der Waals surface area contributed by atoms with E-state index in [0.29, 0.717) is 0 Å². The molecule has 7 nitrogen and oxygen atoms in total. The molecule has 0 radical (unpaired) electrons. The molecule has 0 saturated heterocycles. The molecular formula is C13H23N3O4. The van der Waals surface area contributed by atoms with Crippen molar-refractivity contribution in [2.75, 3.05) is 6.54 Å². The lowest BCUT2D eigenvalue weighted by atomic mass is 10.0. The molecule has 0 atom stereocenters. The summed E-state index contributed by atoms with van der Waals surface area (Å²) in [7, 11) is 0. The fraction of sp³-hybridized carbons (Fsp3) is 0.769. The van der Waals surface area contributed by atoms with Crippen LogP contribution < -0.4 is 11.1 Å². The summed E-state index contributed by atoms with van der Waals surface area (Å²) in [6.07, 6.45) is 3.55. The zero-order valence-electron chi connectivity index (χ0n) is 12.0. The first-order valence-corrected chi connectivity index (χ1v) is 6.80. The average molecular weight is 285 g/mol. The van der Waals surface area contributed by atoms with Crippen molar-refractivity contribution in [1.29, 1.82) is 0 Å². The summed E-state index contributed by atoms with van der Waals surface area (Å²) in [5.41, 5.74) is 4.31. The molecule has 0 bridgehead atoms. The molecule has 0 aromatic rings. The summed E-state index contributed by atoms with van der Waals surface area (Å²) in [6.45, 7) is 3.13. The Balaban J connectivity index is 2.72. The number of primary amides is 1. The van der Waals surface area contributed by atoms with Crippen molar-refractivity contribution < 1.29 is 19.5 Å². The standard InChI is InChI=1S/C13H23N3O4/c1-13(2,7-11(18)19)15-12(20)16(8-10(14)17)9-5-3-4-6-9/h9H,3-8H2,1-2H3,(H2,14,17)(H,15,20)(H,18,19). The molecule has 7 heteroatoms. The Morgan fingerprint density at radius 1 is 1.30 bits per heavy atom. The lowest BCUT2D eigenvalue weighted by Crippen LogP contribution is -2.55. The van der Waals surface area contributed by atoms with Crippen LogP contribution in [0.25, 0.3) is 0 Å². The van der Waals surface area contributed by atoms with Gasteiger partial charge in [-0.25, -0.2) is 4.79 Å². The second-order valence-corrected chi connectivity index (χ2v) is 5.92. The molecular weight excluding hydrogens is 262 g/mol. The molecule has 3 amide bonds. The van der Waals surface area contributed by atoms with Crippen LogP contribution in [0.2, 0.25) is 0 Å². The highest BCUT2D eigenvalue weighted by Crippen LogP contribution is 2.24. The Labute approximate surface area is 118 Å². The number of nitrogens with zero attached hydrogens (tertiary/aromatic N) is 1. The lowest BCUT2D eigenvalue weighted by molar-refractivity contribution is -0.138. The smallest absolute Gasteiger partial charge is 0.318 e. The first-order chi connectivity index (χ1) is 9.21. The third-order valence-electron chi connectivity index (χ3n) is 3.39. The molecule has 0 heterocycles. The van der Waals surface area contributed by atoms with E-state index in [-0.39, 0.29) is 19.0 Å². The van der Waals surface area contributed by atoms with Crippen molar-refractivity contribution in [2.24, 2.45) is 5.73 Å². The molecule has 20 heavy (non-hydrogen) atoms. The van der Waals surface area contributed by atoms with E-state index in [1.165, 1.54) is 4.90 Å². The SMILES string of the molecule is CC(C)(CC(=O)O)NC(=O)N(CC(N)=O)C1CCCC1. The maximum atomic E-state index is 12.3. The highest BCUT2D eigenvalue weighted by atomic mass is 16.4. The second-order valence-electron chi connectivity index (χ2n) is 5.92. The topological polar surface area (TPSA) is 113 Å². The number of hydrogen-bond acceptors (Lipinski definition) is 3. The quantitative estimate of drug-likeness (QED) is 0.666. The van der Waals surface area contributed by atoms with Gasteiger partial charge >= 0.3 is 12.0 Å². The fourth-order valence-electron chi connectivity index (χ4n) is 2.53. The summed E-state index contributed by atoms with van der Waals surface area (Å²) < 4.78 is 0. The number of carbonyl (C=O) groups excluding carboxylic acids is 2. The summed E-state index contributed by atoms with van der Waals surface area (Å²) >= 11 is 0. The Hall–Kier alpha value is -1.79. The van der Waals surface area contributed by atoms with Crippen LogP contribution in [0.3, 0.4) is 0 Å². The van der Waals surface area contributed by atoms with Gasteiger partial charge in [0.2, 0.25) is 5.91 Å². The number of nitrogens with one attached hydrogen (secondary N) is 1. The Morgan fingerprint density at radius 3 is 2.30 bits per heavy atom. The Morgan fingerprint density at radius 2 is 1.85 bits per heavy atom. The molecule has 114 valence electrons. The van der Waals surface area contributed by atoms with Gasteiger partial charge in [-0.1, -0.05) is 12.8 Å². The number of urea groups is 1. The van der Waals surface area contributed by atoms with Crippen molar-refractivity contribution in [2.45, 2.75) is 57.5 Å². The minimum atomic E-state index is -0.988. The minimum absolute atomic E-state index is 0.00290. The second kappa shape index (κ2) is 6.58. The number of hydrogen-bond donors (Lipinski definition) is 3. The molecule has 4 N–H and O–H groups in total. The zero-order chi connectivity index (χ0) is 15.3. The van der Waals surface area contributed by atoms with Gasteiger partial charge in [-0.3, -0.25) is 9.59 Å². The number of carboxylic acid groups (broad SMARTS) is 1. The fourth-order valence-corrected chi connectivity index (χ4v) is 2.53. The van der Waals surface area contributed by atoms with Crippen LogP contribution in [0.15, 0.2) is 0 Å². The number of rotatable bonds is 6. The molecule has 0 unspecified atom stereocenters. The van der Waals surface area contributed by atoms with Crippen molar-refractivity contribution in [1.82, 2.24) is 10.2 Å². The van der Waals surface area contributed by atoms with Crippen molar-refractivity contribution >= 4 is 17.9 Å². The molecule has 1 saturated carbocycles. The number of carboxylic acids is 1. The van der Waals surface area contributed by atoms with Crippen LogP contribution in [-0.2, 0) is 9.59 Å². The van der Waals surface area contributed by atoms with Gasteiger partial charge in [0.05, 0.1) is 6.42 Å². The average Bonchev–Trinajstić information content (AvgIpc) is 2.75. The van der Waals surface area contributed by atoms with Gasteiger partial charge in [0.1, 0.15) is 6.54 Å². The predicted molar refractivity (Wildman–Crippen MR) is 73.0 cm³/mol. The first kappa shape index (κ1) is 16.3. The predicted octanol–water partition coefficient (Wildman–Crippen LogP) is 0.679. The van der Waals surface area contributed by atoms with Gasteiger partial charge in [0.15, 0.2) is 0 Å². The van der Waals surface area contributed by atoms with Crippen molar-refractivity contribution in [3.63, 3.8) is 0 Å². The minimum Gasteiger partial charge on any atom is -0.481 e. The van der Waals surface area contributed by atoms with Gasteiger partial charge in [-0.2, -0.15) is 0 Å². The van der Waals surface area contributed by atoms with Crippen molar-refractivity contribution in [3.05, 3.63) is 0 Å². The monoisotopic (exact) mass is 285 g/mol. The van der Waals surface area contributed by atoms with E-state index in [4.69, 9.17) is 10.8 Å². The van der Waals surface area contributed by atoms with Crippen LogP contribution in [0, 0.1) is 0 Å². The van der Waals surface area contributed by atoms with Crippen LogP contribution in [0.4, 0.5) is 4.79 Å². The molecule has 0 aromatic carbocycles. The maximum Gasteiger partial charge on any atom is 0.318 e. The maximum absolute atomic E-state index is 12.3. The Kier molecular flexibility index (Phi) is 5.35. The molecule has 0 aliphatic heterocycles. The number of nitrogens with two attached hydrogens (primary N) is 1. The molecule has 1 aliphatic rings. The van der Waals surface area contributed by atoms with Crippen LogP contribution >= 0.6 is 0 Å². The molecule has 0 aromatic heterocycles. The highest BCUT2D eigenvalue weighted by Gasteiger charge is 2.31. The van der Waals surface area contributed by atoms with E-state index in [0.717, 1.165) is 25.7 Å². The molecule has 1 aliphatic carbocycles. The van der Waals surface area contributed by atoms with Gasteiger partial charge in [0, 0.05) is 11.6 Å². The van der Waals surface area contributed by atoms with Gasteiger partial charge < -0.3 is 21.1 Å². The summed E-state index contributed by atoms with van der Waals surface area (Å²) in [5, 5.41) is 11.5. The summed E-state index contributed by atoms with van der Waals surface area (Å²) in [5.74, 6) is -1.55. The number of carbonyl (C=O) groups is 3. The molecule has 1 fully saturated rings. The van der Waals surface area contributed by atoms with E-state index in [2.05, 4.69) is 5.32 Å². The Bertz CT molecular complexity index is 389. The van der Waals surface area contributed by atoms with Gasteiger partial charge in [-0.05, 0) is 26.7 Å². The van der Waals surface area contributed by atoms with Crippen LogP contribution in [0.1, 0.15) is 46.0 Å². The third-order valence-corrected chi connectivity index (χ3v) is 3.39. The molecule has 0 spiro atoms. The van der Waals surface area contributed by atoms with E-state index in [9.17, 15) is 14.4 Å². The van der Waals surface area contributed by atoms with E-state index < -0.39 is 23.4 Å². The summed E-state index contributed by atoms with van der Waals surface area (Å²) in [4.78, 5) is 35.6. The number of amides is 3. The van der Waals surface area contributed by atoms with Gasteiger partial charge in [-0.15, -0.1) is 0 Å². The van der Waals surface area contributed by atoms with Crippen LogP contribution in [0.5, 0.6) is 0 Å². The largest absolute Gasteiger partial charge is 0.481 e.